The largest absolute Gasteiger partial charge is 0.459 e. The average molecular weight is 378 g/mol. The van der Waals surface area contributed by atoms with Gasteiger partial charge in [-0.1, -0.05) is 29.3 Å². The lowest BCUT2D eigenvalue weighted by Gasteiger charge is -2.08. The van der Waals surface area contributed by atoms with Crippen LogP contribution in [-0.2, 0) is 9.53 Å². The van der Waals surface area contributed by atoms with E-state index in [4.69, 9.17) is 27.9 Å². The fraction of sp³-hybridized carbons (Fsp3) is 0.158. The molecule has 130 valence electrons. The molecule has 0 aliphatic rings. The predicted molar refractivity (Wildman–Crippen MR) is 101 cm³/mol. The number of rotatable bonds is 5. The summed E-state index contributed by atoms with van der Waals surface area (Å²) in [6.07, 6.45) is 2.79. The Morgan fingerprint density at radius 1 is 1.08 bits per heavy atom. The first-order valence-corrected chi connectivity index (χ1v) is 8.36. The summed E-state index contributed by atoms with van der Waals surface area (Å²) < 4.78 is 5.11. The van der Waals surface area contributed by atoms with Crippen molar-refractivity contribution in [3.05, 3.63) is 69.7 Å². The molecule has 0 heterocycles. The van der Waals surface area contributed by atoms with Gasteiger partial charge in [-0.05, 0) is 61.9 Å². The third-order valence-electron chi connectivity index (χ3n) is 3.11. The van der Waals surface area contributed by atoms with Crippen molar-refractivity contribution in [1.82, 2.24) is 0 Å². The maximum atomic E-state index is 12.0. The highest BCUT2D eigenvalue weighted by atomic mass is 35.5. The van der Waals surface area contributed by atoms with Crippen molar-refractivity contribution in [2.45, 2.75) is 20.0 Å². The zero-order valence-electron chi connectivity index (χ0n) is 13.8. The van der Waals surface area contributed by atoms with Gasteiger partial charge in [0.25, 0.3) is 0 Å². The number of anilines is 1. The van der Waals surface area contributed by atoms with Crippen LogP contribution in [0.1, 0.15) is 29.8 Å². The summed E-state index contributed by atoms with van der Waals surface area (Å²) >= 11 is 11.9. The molecule has 0 aliphatic carbocycles. The number of nitrogens with one attached hydrogen (secondary N) is 1. The standard InChI is InChI=1S/C19H17Cl2NO3/c1-12(2)25-19(24)14-4-8-16(9-5-14)22-18(23)10-6-13-3-7-15(20)11-17(13)21/h3-12H,1-2H3,(H,22,23). The molecule has 4 nitrogen and oxygen atoms in total. The SMILES string of the molecule is CC(C)OC(=O)c1ccc(NC(=O)C=Cc2ccc(Cl)cc2Cl)cc1. The molecule has 0 bridgehead atoms. The molecule has 0 unspecified atom stereocenters. The molecule has 0 saturated carbocycles. The monoisotopic (exact) mass is 377 g/mol. The Kier molecular flexibility index (Phi) is 6.62. The molecule has 1 amide bonds. The van der Waals surface area contributed by atoms with Gasteiger partial charge >= 0.3 is 5.97 Å². The molecule has 0 radical (unpaired) electrons. The van der Waals surface area contributed by atoms with Crippen LogP contribution in [0.15, 0.2) is 48.5 Å². The molecule has 0 saturated heterocycles. The summed E-state index contributed by atoms with van der Waals surface area (Å²) in [4.78, 5) is 23.7. The maximum Gasteiger partial charge on any atom is 0.338 e. The second kappa shape index (κ2) is 8.70. The lowest BCUT2D eigenvalue weighted by Crippen LogP contribution is -2.12. The number of esters is 1. The van der Waals surface area contributed by atoms with E-state index in [0.717, 1.165) is 0 Å². The lowest BCUT2D eigenvalue weighted by atomic mass is 10.2. The summed E-state index contributed by atoms with van der Waals surface area (Å²) in [6.45, 7) is 3.57. The first kappa shape index (κ1) is 19.0. The molecule has 6 heteroatoms. The minimum Gasteiger partial charge on any atom is -0.459 e. The smallest absolute Gasteiger partial charge is 0.338 e. The molecule has 0 atom stereocenters. The van der Waals surface area contributed by atoms with Gasteiger partial charge < -0.3 is 10.1 Å². The van der Waals surface area contributed by atoms with Crippen LogP contribution < -0.4 is 5.32 Å². The van der Waals surface area contributed by atoms with E-state index in [9.17, 15) is 9.59 Å². The number of amides is 1. The number of carbonyl (C=O) groups is 2. The molecule has 2 rings (SSSR count). The Morgan fingerprint density at radius 2 is 1.76 bits per heavy atom. The third-order valence-corrected chi connectivity index (χ3v) is 3.67. The Morgan fingerprint density at radius 3 is 2.36 bits per heavy atom. The van der Waals surface area contributed by atoms with E-state index >= 15 is 0 Å². The van der Waals surface area contributed by atoms with Gasteiger partial charge in [-0.3, -0.25) is 4.79 Å². The highest BCUT2D eigenvalue weighted by Gasteiger charge is 2.09. The Labute approximate surface area is 156 Å². The average Bonchev–Trinajstić information content (AvgIpc) is 2.54. The number of hydrogen-bond donors (Lipinski definition) is 1. The summed E-state index contributed by atoms with van der Waals surface area (Å²) in [5.41, 5.74) is 1.68. The van der Waals surface area contributed by atoms with Crippen LogP contribution in [0.25, 0.3) is 6.08 Å². The first-order chi connectivity index (χ1) is 11.8. The molecule has 2 aromatic rings. The first-order valence-electron chi connectivity index (χ1n) is 7.60. The van der Waals surface area contributed by atoms with E-state index in [1.165, 1.54) is 6.08 Å². The second-order valence-corrected chi connectivity index (χ2v) is 6.36. The number of hydrogen-bond acceptors (Lipinski definition) is 3. The van der Waals surface area contributed by atoms with Crippen molar-refractivity contribution >= 4 is 46.8 Å². The Hall–Kier alpha value is -2.30. The van der Waals surface area contributed by atoms with E-state index in [1.54, 1.807) is 62.4 Å². The predicted octanol–water partition coefficient (Wildman–Crippen LogP) is 5.21. The number of ether oxygens (including phenoxy) is 1. The number of halogens is 2. The van der Waals surface area contributed by atoms with Crippen LogP contribution >= 0.6 is 23.2 Å². The van der Waals surface area contributed by atoms with Crippen LogP contribution in [0.3, 0.4) is 0 Å². The minimum absolute atomic E-state index is 0.184. The zero-order valence-corrected chi connectivity index (χ0v) is 15.3. The van der Waals surface area contributed by atoms with Gasteiger partial charge in [0.15, 0.2) is 0 Å². The van der Waals surface area contributed by atoms with E-state index < -0.39 is 5.97 Å². The van der Waals surface area contributed by atoms with E-state index in [-0.39, 0.29) is 12.0 Å². The lowest BCUT2D eigenvalue weighted by molar-refractivity contribution is -0.111. The molecule has 0 spiro atoms. The molecular weight excluding hydrogens is 361 g/mol. The maximum absolute atomic E-state index is 12.0. The van der Waals surface area contributed by atoms with Crippen molar-refractivity contribution in [2.75, 3.05) is 5.32 Å². The highest BCUT2D eigenvalue weighted by molar-refractivity contribution is 6.35. The van der Waals surface area contributed by atoms with Crippen molar-refractivity contribution < 1.29 is 14.3 Å². The summed E-state index contributed by atoms with van der Waals surface area (Å²) in [5.74, 6) is -0.714. The normalized spacial score (nSPS) is 10.9. The fourth-order valence-corrected chi connectivity index (χ4v) is 2.43. The van der Waals surface area contributed by atoms with Crippen molar-refractivity contribution in [3.63, 3.8) is 0 Å². The second-order valence-electron chi connectivity index (χ2n) is 5.52. The molecular formula is C19H17Cl2NO3. The molecule has 0 fully saturated rings. The Balaban J connectivity index is 1.98. The number of carbonyl (C=O) groups excluding carboxylic acids is 2. The third kappa shape index (κ3) is 5.93. The molecule has 0 aromatic heterocycles. The van der Waals surface area contributed by atoms with Gasteiger partial charge in [-0.2, -0.15) is 0 Å². The van der Waals surface area contributed by atoms with E-state index in [2.05, 4.69) is 5.32 Å². The topological polar surface area (TPSA) is 55.4 Å². The fourth-order valence-electron chi connectivity index (χ4n) is 1.96. The van der Waals surface area contributed by atoms with E-state index in [1.807, 2.05) is 0 Å². The highest BCUT2D eigenvalue weighted by Crippen LogP contribution is 2.22. The van der Waals surface area contributed by atoms with Gasteiger partial charge in [-0.15, -0.1) is 0 Å². The molecule has 25 heavy (non-hydrogen) atoms. The number of benzene rings is 2. The van der Waals surface area contributed by atoms with Gasteiger partial charge in [0.2, 0.25) is 5.91 Å². The van der Waals surface area contributed by atoms with Gasteiger partial charge in [0.05, 0.1) is 11.7 Å². The van der Waals surface area contributed by atoms with Crippen LogP contribution in [0.2, 0.25) is 10.0 Å². The minimum atomic E-state index is -0.398. The van der Waals surface area contributed by atoms with E-state index in [0.29, 0.717) is 26.9 Å². The molecule has 0 aliphatic heterocycles. The van der Waals surface area contributed by atoms with Crippen LogP contribution in [-0.4, -0.2) is 18.0 Å². The van der Waals surface area contributed by atoms with Crippen molar-refractivity contribution in [3.8, 4) is 0 Å². The van der Waals surface area contributed by atoms with Crippen molar-refractivity contribution in [2.24, 2.45) is 0 Å². The van der Waals surface area contributed by atoms with Gasteiger partial charge in [-0.25, -0.2) is 4.79 Å². The summed E-state index contributed by atoms with van der Waals surface area (Å²) in [7, 11) is 0. The van der Waals surface area contributed by atoms with Crippen LogP contribution in [0, 0.1) is 0 Å². The Bertz CT molecular complexity index is 799. The summed E-state index contributed by atoms with van der Waals surface area (Å²) in [6, 6.07) is 11.5. The van der Waals surface area contributed by atoms with Crippen LogP contribution in [0.5, 0.6) is 0 Å². The molecule has 2 aromatic carbocycles. The summed E-state index contributed by atoms with van der Waals surface area (Å²) in [5, 5.41) is 3.70. The quantitative estimate of drug-likeness (QED) is 0.574. The van der Waals surface area contributed by atoms with Crippen molar-refractivity contribution in [1.29, 1.82) is 0 Å². The van der Waals surface area contributed by atoms with Crippen LogP contribution in [0.4, 0.5) is 5.69 Å². The van der Waals surface area contributed by atoms with Gasteiger partial charge in [0.1, 0.15) is 0 Å². The van der Waals surface area contributed by atoms with Gasteiger partial charge in [0, 0.05) is 21.8 Å². The zero-order chi connectivity index (χ0) is 18.4. The molecule has 1 N–H and O–H groups in total.